The number of nitrogens with one attached hydrogen (secondary N) is 2. The fourth-order valence-corrected chi connectivity index (χ4v) is 4.35. The van der Waals surface area contributed by atoms with Crippen LogP contribution < -0.4 is 38.3 Å². The fraction of sp³-hybridized carbons (Fsp3) is 0.105. The standard InChI is InChI=1S/C19H17FN6O3.C13H13FN6O2.C6H5FO/c1-10(17(21)27)24-15-9-14(18(22)28)25-19(26-15)11-6-7-23-16(8-11)29-13-4-2-12(20)3-5-13;1-6(11(15)21)18-10-5-8(12(16)22)19-13(20-10)7-2-3-17-9(14)4-7;7-5-1-3-6(8)4-2-5/h2-10H,1H3,(H2,21,27)(H2,22,28)(H,24,25,26);2-6H,1H3,(H2,15,21)(H2,16,22)(H,18,19,20);1-4,8H/t10-;6-;/m00./s1. The first kappa shape index (κ1) is 43.5. The Morgan fingerprint density at radius 2 is 1.05 bits per heavy atom. The SMILES string of the molecule is C[C@H](Nc1cc(C(N)=O)nc(-c2ccnc(F)c2)n1)C(N)=O.C[C@H](Nc1cc(C(N)=O)nc(-c2ccnc(Oc3ccc(F)cc3)c2)n1)C(N)=O.Oc1ccc(F)cc1. The molecule has 0 aliphatic rings. The molecule has 4 heterocycles. The molecule has 59 heavy (non-hydrogen) atoms. The zero-order valence-electron chi connectivity index (χ0n) is 31.0. The Hall–Kier alpha value is -8.23. The van der Waals surface area contributed by atoms with Crippen molar-refractivity contribution < 1.29 is 42.2 Å². The average Bonchev–Trinajstić information content (AvgIpc) is 3.20. The first-order valence-electron chi connectivity index (χ1n) is 16.9. The van der Waals surface area contributed by atoms with Crippen molar-refractivity contribution >= 4 is 35.3 Å². The third-order valence-electron chi connectivity index (χ3n) is 7.38. The second kappa shape index (κ2) is 20.1. The highest BCUT2D eigenvalue weighted by Gasteiger charge is 2.17. The maximum atomic E-state index is 13.2. The lowest BCUT2D eigenvalue weighted by Crippen LogP contribution is -2.33. The van der Waals surface area contributed by atoms with Gasteiger partial charge in [-0.1, -0.05) is 0 Å². The molecule has 0 aliphatic heterocycles. The highest BCUT2D eigenvalue weighted by molar-refractivity contribution is 5.93. The van der Waals surface area contributed by atoms with Crippen molar-refractivity contribution in [3.63, 3.8) is 0 Å². The number of hydrogen-bond donors (Lipinski definition) is 7. The smallest absolute Gasteiger partial charge is 0.267 e. The number of nitrogens with zero attached hydrogens (tertiary/aromatic N) is 6. The topological polar surface area (TPSA) is 303 Å². The monoisotopic (exact) mass is 812 g/mol. The molecule has 6 rings (SSSR count). The highest BCUT2D eigenvalue weighted by atomic mass is 19.1. The van der Waals surface area contributed by atoms with E-state index in [9.17, 15) is 32.3 Å². The van der Waals surface area contributed by atoms with Gasteiger partial charge in [-0.15, -0.1) is 0 Å². The van der Waals surface area contributed by atoms with E-state index in [1.54, 1.807) is 19.1 Å². The lowest BCUT2D eigenvalue weighted by Gasteiger charge is -2.13. The van der Waals surface area contributed by atoms with Gasteiger partial charge in [0.2, 0.25) is 23.6 Å². The van der Waals surface area contributed by atoms with Crippen LogP contribution in [0.5, 0.6) is 17.4 Å². The van der Waals surface area contributed by atoms with E-state index in [2.05, 4.69) is 40.5 Å². The van der Waals surface area contributed by atoms with Crippen molar-refractivity contribution in [3.05, 3.63) is 126 Å². The minimum atomic E-state index is -0.784. The van der Waals surface area contributed by atoms with Crippen LogP contribution in [-0.4, -0.2) is 70.7 Å². The summed E-state index contributed by atoms with van der Waals surface area (Å²) in [6, 6.07) is 17.3. The molecule has 11 N–H and O–H groups in total. The minimum Gasteiger partial charge on any atom is -0.508 e. The Kier molecular flexibility index (Phi) is 14.8. The second-order valence-electron chi connectivity index (χ2n) is 12.0. The molecule has 0 saturated carbocycles. The van der Waals surface area contributed by atoms with Gasteiger partial charge in [-0.3, -0.25) is 19.2 Å². The van der Waals surface area contributed by atoms with Gasteiger partial charge in [-0.05, 0) is 74.5 Å². The number of carbonyl (C=O) groups excluding carboxylic acids is 4. The van der Waals surface area contributed by atoms with Gasteiger partial charge in [0, 0.05) is 47.8 Å². The maximum absolute atomic E-state index is 13.2. The van der Waals surface area contributed by atoms with E-state index in [1.165, 1.54) is 86.0 Å². The van der Waals surface area contributed by atoms with Gasteiger partial charge in [0.15, 0.2) is 11.6 Å². The van der Waals surface area contributed by atoms with E-state index in [1.807, 2.05) is 0 Å². The van der Waals surface area contributed by atoms with Gasteiger partial charge in [0.1, 0.15) is 58.2 Å². The summed E-state index contributed by atoms with van der Waals surface area (Å²) in [5.41, 5.74) is 21.6. The van der Waals surface area contributed by atoms with Crippen LogP contribution in [0.15, 0.2) is 97.3 Å². The summed E-state index contributed by atoms with van der Waals surface area (Å²) in [6.07, 6.45) is 2.71. The first-order valence-corrected chi connectivity index (χ1v) is 16.9. The number of phenolic OH excluding ortho intramolecular Hbond substituents is 1. The van der Waals surface area contributed by atoms with Crippen LogP contribution in [0.1, 0.15) is 34.8 Å². The molecule has 21 heteroatoms. The Bertz CT molecular complexity index is 2420. The fourth-order valence-electron chi connectivity index (χ4n) is 4.35. The second-order valence-corrected chi connectivity index (χ2v) is 12.0. The predicted molar refractivity (Wildman–Crippen MR) is 207 cm³/mol. The molecule has 0 fully saturated rings. The molecule has 304 valence electrons. The summed E-state index contributed by atoms with van der Waals surface area (Å²) in [4.78, 5) is 69.4. The number of rotatable bonds is 12. The summed E-state index contributed by atoms with van der Waals surface area (Å²) < 4.78 is 43.8. The normalized spacial score (nSPS) is 11.3. The Balaban J connectivity index is 0.000000225. The molecule has 4 aromatic heterocycles. The number of benzene rings is 2. The van der Waals surface area contributed by atoms with Crippen LogP contribution in [0.25, 0.3) is 22.8 Å². The Morgan fingerprint density at radius 3 is 1.47 bits per heavy atom. The third kappa shape index (κ3) is 13.5. The average molecular weight is 813 g/mol. The van der Waals surface area contributed by atoms with Crippen LogP contribution in [0, 0.1) is 17.6 Å². The molecule has 0 saturated heterocycles. The minimum absolute atomic E-state index is 0.0491. The van der Waals surface area contributed by atoms with Crippen LogP contribution >= 0.6 is 0 Å². The van der Waals surface area contributed by atoms with Crippen LogP contribution in [0.4, 0.5) is 24.8 Å². The molecular weight excluding hydrogens is 777 g/mol. The Labute approximate surface area is 332 Å². The number of amides is 4. The van der Waals surface area contributed by atoms with Crippen molar-refractivity contribution in [3.8, 4) is 40.2 Å². The van der Waals surface area contributed by atoms with E-state index < -0.39 is 41.7 Å². The van der Waals surface area contributed by atoms with Crippen molar-refractivity contribution in [2.45, 2.75) is 25.9 Å². The number of hydrogen-bond acceptors (Lipinski definition) is 14. The summed E-state index contributed by atoms with van der Waals surface area (Å²) in [5, 5.41) is 14.1. The molecule has 0 spiro atoms. The highest BCUT2D eigenvalue weighted by Crippen LogP contribution is 2.25. The largest absolute Gasteiger partial charge is 0.508 e. The predicted octanol–water partition coefficient (Wildman–Crippen LogP) is 3.45. The van der Waals surface area contributed by atoms with Crippen LogP contribution in [0.2, 0.25) is 0 Å². The van der Waals surface area contributed by atoms with Crippen molar-refractivity contribution in [2.75, 3.05) is 10.6 Å². The molecule has 18 nitrogen and oxygen atoms in total. The quantitative estimate of drug-likeness (QED) is 0.0871. The number of ether oxygens (including phenoxy) is 1. The van der Waals surface area contributed by atoms with E-state index in [0.717, 1.165) is 6.07 Å². The number of nitrogens with two attached hydrogens (primary N) is 4. The molecule has 2 atom stereocenters. The van der Waals surface area contributed by atoms with Gasteiger partial charge in [-0.2, -0.15) is 4.39 Å². The molecule has 0 aliphatic carbocycles. The van der Waals surface area contributed by atoms with E-state index >= 15 is 0 Å². The summed E-state index contributed by atoms with van der Waals surface area (Å²) in [5.74, 6) is -2.89. The van der Waals surface area contributed by atoms with Gasteiger partial charge in [0.25, 0.3) is 11.8 Å². The van der Waals surface area contributed by atoms with E-state index in [4.69, 9.17) is 32.8 Å². The Morgan fingerprint density at radius 1 is 0.610 bits per heavy atom. The lowest BCUT2D eigenvalue weighted by molar-refractivity contribution is -0.119. The summed E-state index contributed by atoms with van der Waals surface area (Å²) >= 11 is 0. The number of phenols is 1. The summed E-state index contributed by atoms with van der Waals surface area (Å²) in [6.45, 7) is 3.08. The number of anilines is 2. The number of aromatic hydroxyl groups is 1. The molecule has 0 bridgehead atoms. The number of pyridine rings is 2. The lowest BCUT2D eigenvalue weighted by atomic mass is 10.2. The van der Waals surface area contributed by atoms with E-state index in [0.29, 0.717) is 16.9 Å². The molecular formula is C38H35F3N12O6. The zero-order chi connectivity index (χ0) is 43.2. The van der Waals surface area contributed by atoms with Crippen LogP contribution in [0.3, 0.4) is 0 Å². The van der Waals surface area contributed by atoms with Gasteiger partial charge >= 0.3 is 0 Å². The third-order valence-corrected chi connectivity index (χ3v) is 7.38. The van der Waals surface area contributed by atoms with Crippen molar-refractivity contribution in [1.29, 1.82) is 0 Å². The van der Waals surface area contributed by atoms with Crippen molar-refractivity contribution in [1.82, 2.24) is 29.9 Å². The zero-order valence-corrected chi connectivity index (χ0v) is 31.0. The summed E-state index contributed by atoms with van der Waals surface area (Å²) in [7, 11) is 0. The molecule has 4 amide bonds. The van der Waals surface area contributed by atoms with Crippen LogP contribution in [-0.2, 0) is 9.59 Å². The maximum Gasteiger partial charge on any atom is 0.267 e. The number of primary amides is 4. The van der Waals surface area contributed by atoms with Gasteiger partial charge in [-0.25, -0.2) is 38.7 Å². The van der Waals surface area contributed by atoms with E-state index in [-0.39, 0.29) is 57.9 Å². The van der Waals surface area contributed by atoms with Gasteiger partial charge in [0.05, 0.1) is 0 Å². The molecule has 0 radical (unpaired) electrons. The molecule has 2 aromatic carbocycles. The number of halogens is 3. The number of aromatic nitrogens is 6. The van der Waals surface area contributed by atoms with Crippen molar-refractivity contribution in [2.24, 2.45) is 22.9 Å². The van der Waals surface area contributed by atoms with Gasteiger partial charge < -0.3 is 43.4 Å². The molecule has 6 aromatic rings. The first-order chi connectivity index (χ1) is 28.0. The molecule has 0 unspecified atom stereocenters. The number of carbonyl (C=O) groups is 4.